The van der Waals surface area contributed by atoms with Crippen molar-refractivity contribution in [2.24, 2.45) is 0 Å². The molecule has 0 spiro atoms. The van der Waals surface area contributed by atoms with Crippen molar-refractivity contribution in [2.45, 2.75) is 6.42 Å². The first kappa shape index (κ1) is 12.5. The number of rotatable bonds is 2. The van der Waals surface area contributed by atoms with Crippen molar-refractivity contribution in [3.8, 4) is 0 Å². The molecular formula is C15H14N2O3. The van der Waals surface area contributed by atoms with Crippen LogP contribution >= 0.6 is 0 Å². The zero-order valence-electron chi connectivity index (χ0n) is 11.0. The highest BCUT2D eigenvalue weighted by Crippen LogP contribution is 2.26. The van der Waals surface area contributed by atoms with Gasteiger partial charge >= 0.3 is 5.97 Å². The Balaban J connectivity index is 2.05. The molecule has 1 aromatic heterocycles. The molecule has 1 aliphatic rings. The molecule has 0 unspecified atom stereocenters. The fraction of sp³-hybridized carbons (Fsp3) is 0.200. The van der Waals surface area contributed by atoms with Crippen LogP contribution in [0.4, 0.5) is 0 Å². The number of carbonyl (C=O) groups excluding carboxylic acids is 2. The van der Waals surface area contributed by atoms with E-state index in [-0.39, 0.29) is 11.9 Å². The zero-order chi connectivity index (χ0) is 14.1. The second-order valence-electron chi connectivity index (χ2n) is 4.65. The Hall–Kier alpha value is -2.56. The average molecular weight is 270 g/mol. The third kappa shape index (κ3) is 2.07. The van der Waals surface area contributed by atoms with Crippen molar-refractivity contribution in [1.29, 1.82) is 0 Å². The van der Waals surface area contributed by atoms with E-state index in [0.29, 0.717) is 12.2 Å². The van der Waals surface area contributed by atoms with Crippen LogP contribution in [0.1, 0.15) is 21.6 Å². The summed E-state index contributed by atoms with van der Waals surface area (Å²) < 4.78 is 4.56. The molecule has 2 N–H and O–H groups in total. The minimum atomic E-state index is -0.388. The third-order valence-corrected chi connectivity index (χ3v) is 3.43. The van der Waals surface area contributed by atoms with E-state index in [1.165, 1.54) is 13.2 Å². The molecule has 0 saturated carbocycles. The fourth-order valence-corrected chi connectivity index (χ4v) is 2.44. The first-order valence-corrected chi connectivity index (χ1v) is 6.38. The van der Waals surface area contributed by atoms with Gasteiger partial charge in [0.1, 0.15) is 5.69 Å². The van der Waals surface area contributed by atoms with Crippen LogP contribution in [0.3, 0.4) is 0 Å². The number of ether oxygens (including phenoxy) is 1. The molecule has 0 radical (unpaired) electrons. The second-order valence-corrected chi connectivity index (χ2v) is 4.65. The third-order valence-electron chi connectivity index (χ3n) is 3.43. The van der Waals surface area contributed by atoms with Gasteiger partial charge in [0, 0.05) is 23.5 Å². The van der Waals surface area contributed by atoms with Gasteiger partial charge in [0.15, 0.2) is 0 Å². The van der Waals surface area contributed by atoms with Crippen LogP contribution in [0.15, 0.2) is 24.3 Å². The normalized spacial score (nSPS) is 14.3. The maximum Gasteiger partial charge on any atom is 0.330 e. The van der Waals surface area contributed by atoms with E-state index in [4.69, 9.17) is 0 Å². The number of methoxy groups -OCH3 is 1. The first-order chi connectivity index (χ1) is 9.69. The minimum Gasteiger partial charge on any atom is -0.466 e. The predicted octanol–water partition coefficient (Wildman–Crippen LogP) is 1.64. The molecule has 0 bridgehead atoms. The number of fused-ring (bicyclic) bond motifs is 3. The number of aromatic amines is 1. The molecule has 5 nitrogen and oxygen atoms in total. The van der Waals surface area contributed by atoms with Crippen LogP contribution in [0.5, 0.6) is 0 Å². The second kappa shape index (κ2) is 4.85. The molecule has 0 fully saturated rings. The van der Waals surface area contributed by atoms with Crippen LogP contribution in [0.2, 0.25) is 0 Å². The maximum absolute atomic E-state index is 11.8. The van der Waals surface area contributed by atoms with Crippen LogP contribution in [0, 0.1) is 0 Å². The first-order valence-electron chi connectivity index (χ1n) is 6.38. The molecule has 1 amide bonds. The number of benzene rings is 1. The molecule has 0 saturated heterocycles. The van der Waals surface area contributed by atoms with Crippen molar-refractivity contribution >= 4 is 28.9 Å². The Morgan fingerprint density at radius 3 is 3.05 bits per heavy atom. The average Bonchev–Trinajstić information content (AvgIpc) is 2.84. The molecule has 5 heteroatoms. The molecule has 1 aliphatic heterocycles. The van der Waals surface area contributed by atoms with Gasteiger partial charge in [-0.05, 0) is 35.8 Å². The van der Waals surface area contributed by atoms with E-state index in [9.17, 15) is 9.59 Å². The summed E-state index contributed by atoms with van der Waals surface area (Å²) in [6, 6.07) is 5.78. The van der Waals surface area contributed by atoms with Crippen LogP contribution < -0.4 is 5.32 Å². The highest BCUT2D eigenvalue weighted by molar-refractivity contribution is 6.02. The van der Waals surface area contributed by atoms with Gasteiger partial charge in [-0.1, -0.05) is 6.07 Å². The summed E-state index contributed by atoms with van der Waals surface area (Å²) in [5, 5.41) is 3.85. The van der Waals surface area contributed by atoms with Crippen molar-refractivity contribution in [1.82, 2.24) is 10.3 Å². The van der Waals surface area contributed by atoms with E-state index in [1.54, 1.807) is 6.08 Å². The van der Waals surface area contributed by atoms with E-state index in [2.05, 4.69) is 15.0 Å². The Labute approximate surface area is 115 Å². The van der Waals surface area contributed by atoms with Gasteiger partial charge in [-0.25, -0.2) is 4.79 Å². The summed E-state index contributed by atoms with van der Waals surface area (Å²) in [5.74, 6) is -0.449. The highest BCUT2D eigenvalue weighted by Gasteiger charge is 2.21. The lowest BCUT2D eigenvalue weighted by Crippen LogP contribution is -2.31. The monoisotopic (exact) mass is 270 g/mol. The number of aromatic nitrogens is 1. The van der Waals surface area contributed by atoms with Crippen LogP contribution in [-0.2, 0) is 16.0 Å². The molecule has 102 valence electrons. The largest absolute Gasteiger partial charge is 0.466 e. The summed E-state index contributed by atoms with van der Waals surface area (Å²) >= 11 is 0. The SMILES string of the molecule is COC(=O)/C=C/c1ccc2[nH]c3c(c2c1)CCNC3=O. The molecule has 3 rings (SSSR count). The van der Waals surface area contributed by atoms with Crippen LogP contribution in [-0.4, -0.2) is 30.5 Å². The molecule has 0 aliphatic carbocycles. The molecule has 2 aromatic rings. The lowest BCUT2D eigenvalue weighted by molar-refractivity contribution is -0.134. The summed E-state index contributed by atoms with van der Waals surface area (Å²) in [6.45, 7) is 0.654. The van der Waals surface area contributed by atoms with Gasteiger partial charge in [0.05, 0.1) is 7.11 Å². The fourth-order valence-electron chi connectivity index (χ4n) is 2.44. The number of carbonyl (C=O) groups is 2. The highest BCUT2D eigenvalue weighted by atomic mass is 16.5. The van der Waals surface area contributed by atoms with E-state index in [1.807, 2.05) is 18.2 Å². The Bertz CT molecular complexity index is 728. The van der Waals surface area contributed by atoms with Gasteiger partial charge in [0.25, 0.3) is 5.91 Å². The van der Waals surface area contributed by atoms with Gasteiger partial charge in [0.2, 0.25) is 0 Å². The molecule has 20 heavy (non-hydrogen) atoms. The van der Waals surface area contributed by atoms with Gasteiger partial charge in [-0.15, -0.1) is 0 Å². The number of esters is 1. The van der Waals surface area contributed by atoms with Crippen molar-refractivity contribution in [3.05, 3.63) is 41.1 Å². The van der Waals surface area contributed by atoms with Crippen molar-refractivity contribution in [3.63, 3.8) is 0 Å². The van der Waals surface area contributed by atoms with E-state index >= 15 is 0 Å². The zero-order valence-corrected chi connectivity index (χ0v) is 11.0. The summed E-state index contributed by atoms with van der Waals surface area (Å²) in [6.07, 6.45) is 3.89. The lowest BCUT2D eigenvalue weighted by Gasteiger charge is -2.11. The van der Waals surface area contributed by atoms with Crippen molar-refractivity contribution in [2.75, 3.05) is 13.7 Å². The number of H-pyrrole nitrogens is 1. The van der Waals surface area contributed by atoms with E-state index in [0.717, 1.165) is 28.5 Å². The predicted molar refractivity (Wildman–Crippen MR) is 75.4 cm³/mol. The summed E-state index contributed by atoms with van der Waals surface area (Å²) in [7, 11) is 1.34. The van der Waals surface area contributed by atoms with Gasteiger partial charge in [-0.3, -0.25) is 4.79 Å². The molecule has 2 heterocycles. The Kier molecular flexibility index (Phi) is 3.02. The van der Waals surface area contributed by atoms with Crippen LogP contribution in [0.25, 0.3) is 17.0 Å². The van der Waals surface area contributed by atoms with Gasteiger partial charge in [-0.2, -0.15) is 0 Å². The number of hydrogen-bond donors (Lipinski definition) is 2. The Morgan fingerprint density at radius 2 is 2.25 bits per heavy atom. The standard InChI is InChI=1S/C15H14N2O3/c1-20-13(18)5-3-9-2-4-12-11(8-9)10-6-7-16-15(19)14(10)17-12/h2-5,8,17H,6-7H2,1H3,(H,16,19)/b5-3+. The number of hydrogen-bond acceptors (Lipinski definition) is 3. The summed E-state index contributed by atoms with van der Waals surface area (Å²) in [5.41, 5.74) is 3.51. The van der Waals surface area contributed by atoms with Gasteiger partial charge < -0.3 is 15.0 Å². The topological polar surface area (TPSA) is 71.2 Å². The molecule has 1 aromatic carbocycles. The smallest absolute Gasteiger partial charge is 0.330 e. The maximum atomic E-state index is 11.8. The molecule has 0 atom stereocenters. The number of amides is 1. The van der Waals surface area contributed by atoms with Crippen molar-refractivity contribution < 1.29 is 14.3 Å². The quantitative estimate of drug-likeness (QED) is 0.643. The van der Waals surface area contributed by atoms with E-state index < -0.39 is 0 Å². The number of nitrogens with one attached hydrogen (secondary N) is 2. The lowest BCUT2D eigenvalue weighted by atomic mass is 10.0. The molecular weight excluding hydrogens is 256 g/mol. The Morgan fingerprint density at radius 1 is 1.40 bits per heavy atom. The summed E-state index contributed by atoms with van der Waals surface area (Å²) in [4.78, 5) is 26.0. The minimum absolute atomic E-state index is 0.0610.